The molecule has 0 aliphatic heterocycles. The maximum atomic E-state index is 12.5. The predicted octanol–water partition coefficient (Wildman–Crippen LogP) is 4.89. The van der Waals surface area contributed by atoms with Gasteiger partial charge in [0.15, 0.2) is 0 Å². The number of halogens is 2. The number of hydrogen-bond acceptors (Lipinski definition) is 3. The molecule has 25 heavy (non-hydrogen) atoms. The summed E-state index contributed by atoms with van der Waals surface area (Å²) in [7, 11) is 0. The SMILES string of the molecule is Cc1cc(C)n(C(CNC(=O)c2ccc(Cl)cc2Cl)c2cccs2)n1. The van der Waals surface area contributed by atoms with Gasteiger partial charge >= 0.3 is 0 Å². The molecule has 130 valence electrons. The molecule has 0 aliphatic carbocycles. The summed E-state index contributed by atoms with van der Waals surface area (Å²) in [6, 6.07) is 10.9. The Hall–Kier alpha value is -1.82. The monoisotopic (exact) mass is 393 g/mol. The third-order valence-corrected chi connectivity index (χ3v) is 5.36. The van der Waals surface area contributed by atoms with Crippen molar-refractivity contribution >= 4 is 40.4 Å². The topological polar surface area (TPSA) is 46.9 Å². The van der Waals surface area contributed by atoms with Crippen molar-refractivity contribution < 1.29 is 4.79 Å². The summed E-state index contributed by atoms with van der Waals surface area (Å²) >= 11 is 13.7. The van der Waals surface area contributed by atoms with Crippen LogP contribution in [0.5, 0.6) is 0 Å². The van der Waals surface area contributed by atoms with Crippen molar-refractivity contribution in [3.05, 3.63) is 73.7 Å². The fourth-order valence-electron chi connectivity index (χ4n) is 2.71. The molecule has 0 saturated carbocycles. The molecule has 1 N–H and O–H groups in total. The number of rotatable bonds is 5. The van der Waals surface area contributed by atoms with E-state index in [2.05, 4.69) is 10.4 Å². The van der Waals surface area contributed by atoms with E-state index in [1.54, 1.807) is 29.5 Å². The fraction of sp³-hybridized carbons (Fsp3) is 0.222. The minimum atomic E-state index is -0.232. The van der Waals surface area contributed by atoms with E-state index in [0.717, 1.165) is 16.3 Å². The molecule has 0 bridgehead atoms. The highest BCUT2D eigenvalue weighted by Gasteiger charge is 2.20. The number of nitrogens with one attached hydrogen (secondary N) is 1. The van der Waals surface area contributed by atoms with Gasteiger partial charge in [-0.15, -0.1) is 11.3 Å². The highest BCUT2D eigenvalue weighted by atomic mass is 35.5. The van der Waals surface area contributed by atoms with Crippen LogP contribution in [0.25, 0.3) is 0 Å². The van der Waals surface area contributed by atoms with Gasteiger partial charge < -0.3 is 5.32 Å². The molecule has 0 spiro atoms. The first-order chi connectivity index (χ1) is 12.0. The molecule has 0 saturated heterocycles. The molecule has 1 amide bonds. The molecule has 1 unspecified atom stereocenters. The van der Waals surface area contributed by atoms with E-state index in [1.807, 2.05) is 42.1 Å². The Morgan fingerprint density at radius 2 is 2.08 bits per heavy atom. The summed E-state index contributed by atoms with van der Waals surface area (Å²) < 4.78 is 1.95. The van der Waals surface area contributed by atoms with Gasteiger partial charge in [-0.2, -0.15) is 5.10 Å². The van der Waals surface area contributed by atoms with Crippen LogP contribution in [0.2, 0.25) is 10.0 Å². The second kappa shape index (κ2) is 7.60. The van der Waals surface area contributed by atoms with E-state index < -0.39 is 0 Å². The van der Waals surface area contributed by atoms with E-state index in [-0.39, 0.29) is 11.9 Å². The number of aromatic nitrogens is 2. The van der Waals surface area contributed by atoms with E-state index in [4.69, 9.17) is 23.2 Å². The number of aryl methyl sites for hydroxylation is 2. The normalized spacial score (nSPS) is 12.2. The number of thiophene rings is 1. The highest BCUT2D eigenvalue weighted by Crippen LogP contribution is 2.25. The van der Waals surface area contributed by atoms with E-state index in [0.29, 0.717) is 22.2 Å². The number of benzene rings is 1. The number of carbonyl (C=O) groups is 1. The van der Waals surface area contributed by atoms with Crippen molar-refractivity contribution in [2.45, 2.75) is 19.9 Å². The van der Waals surface area contributed by atoms with Crippen LogP contribution < -0.4 is 5.32 Å². The maximum absolute atomic E-state index is 12.5. The molecule has 1 aromatic carbocycles. The maximum Gasteiger partial charge on any atom is 0.252 e. The molecule has 2 heterocycles. The van der Waals surface area contributed by atoms with Gasteiger partial charge in [0.25, 0.3) is 5.91 Å². The number of carbonyl (C=O) groups excluding carboxylic acids is 1. The molecule has 2 aromatic heterocycles. The first-order valence-corrected chi connectivity index (χ1v) is 9.38. The average molecular weight is 394 g/mol. The summed E-state index contributed by atoms with van der Waals surface area (Å²) in [5, 5.41) is 10.4. The van der Waals surface area contributed by atoms with Gasteiger partial charge in [0.05, 0.1) is 16.3 Å². The van der Waals surface area contributed by atoms with Crippen LogP contribution in [-0.4, -0.2) is 22.2 Å². The molecule has 1 atom stereocenters. The first kappa shape index (κ1) is 18.0. The molecule has 0 fully saturated rings. The van der Waals surface area contributed by atoms with Gasteiger partial charge in [0, 0.05) is 22.1 Å². The van der Waals surface area contributed by atoms with E-state index in [1.165, 1.54) is 0 Å². The zero-order chi connectivity index (χ0) is 18.0. The average Bonchev–Trinajstić information content (AvgIpc) is 3.18. The smallest absolute Gasteiger partial charge is 0.252 e. The first-order valence-electron chi connectivity index (χ1n) is 7.75. The minimum absolute atomic E-state index is 0.0660. The second-order valence-corrected chi connectivity index (χ2v) is 7.56. The van der Waals surface area contributed by atoms with Gasteiger partial charge in [0.1, 0.15) is 6.04 Å². The zero-order valence-electron chi connectivity index (χ0n) is 13.8. The highest BCUT2D eigenvalue weighted by molar-refractivity contribution is 7.10. The van der Waals surface area contributed by atoms with Crippen molar-refractivity contribution in [3.8, 4) is 0 Å². The Labute approximate surface area is 160 Å². The quantitative estimate of drug-likeness (QED) is 0.670. The number of nitrogens with zero attached hydrogens (tertiary/aromatic N) is 2. The lowest BCUT2D eigenvalue weighted by atomic mass is 10.2. The largest absolute Gasteiger partial charge is 0.349 e. The summed E-state index contributed by atoms with van der Waals surface area (Å²) in [6.45, 7) is 4.39. The molecule has 3 aromatic rings. The van der Waals surface area contributed by atoms with Crippen molar-refractivity contribution in [1.29, 1.82) is 0 Å². The molecule has 4 nitrogen and oxygen atoms in total. The van der Waals surface area contributed by atoms with Crippen molar-refractivity contribution in [2.75, 3.05) is 6.54 Å². The van der Waals surface area contributed by atoms with Gasteiger partial charge in [-0.25, -0.2) is 0 Å². The fourth-order valence-corrected chi connectivity index (χ4v) is 4.01. The molecule has 0 radical (unpaired) electrons. The third kappa shape index (κ3) is 4.06. The van der Waals surface area contributed by atoms with Crippen LogP contribution in [0.15, 0.2) is 41.8 Å². The lowest BCUT2D eigenvalue weighted by Crippen LogP contribution is -2.32. The molecule has 0 aliphatic rings. The minimum Gasteiger partial charge on any atom is -0.349 e. The van der Waals surface area contributed by atoms with Crippen LogP contribution in [0.4, 0.5) is 0 Å². The van der Waals surface area contributed by atoms with Crippen LogP contribution >= 0.6 is 34.5 Å². The van der Waals surface area contributed by atoms with Crippen LogP contribution in [0.3, 0.4) is 0 Å². The summed E-state index contributed by atoms with van der Waals surface area (Å²) in [6.07, 6.45) is 0. The van der Waals surface area contributed by atoms with Crippen molar-refractivity contribution in [1.82, 2.24) is 15.1 Å². The van der Waals surface area contributed by atoms with Gasteiger partial charge in [-0.05, 0) is 49.6 Å². The second-order valence-electron chi connectivity index (χ2n) is 5.74. The standard InChI is InChI=1S/C18H17Cl2N3OS/c1-11-8-12(2)23(22-11)16(17-4-3-7-25-17)10-21-18(24)14-6-5-13(19)9-15(14)20/h3-9,16H,10H2,1-2H3,(H,21,24). The Balaban J connectivity index is 1.82. The number of amides is 1. The zero-order valence-corrected chi connectivity index (χ0v) is 16.1. The van der Waals surface area contributed by atoms with E-state index >= 15 is 0 Å². The predicted molar refractivity (Wildman–Crippen MR) is 103 cm³/mol. The molecular weight excluding hydrogens is 377 g/mol. The van der Waals surface area contributed by atoms with Crippen LogP contribution in [-0.2, 0) is 0 Å². The van der Waals surface area contributed by atoms with Gasteiger partial charge in [-0.1, -0.05) is 29.3 Å². The Bertz CT molecular complexity index is 890. The van der Waals surface area contributed by atoms with Crippen molar-refractivity contribution in [3.63, 3.8) is 0 Å². The summed E-state index contributed by atoms with van der Waals surface area (Å²) in [5.74, 6) is -0.232. The molecule has 7 heteroatoms. The summed E-state index contributed by atoms with van der Waals surface area (Å²) in [4.78, 5) is 13.6. The third-order valence-electron chi connectivity index (χ3n) is 3.84. The Kier molecular flexibility index (Phi) is 5.47. The van der Waals surface area contributed by atoms with Crippen LogP contribution in [0.1, 0.15) is 32.7 Å². The Morgan fingerprint density at radius 3 is 2.68 bits per heavy atom. The van der Waals surface area contributed by atoms with Gasteiger partial charge in [-0.3, -0.25) is 9.48 Å². The lowest BCUT2D eigenvalue weighted by molar-refractivity contribution is 0.0949. The number of hydrogen-bond donors (Lipinski definition) is 1. The van der Waals surface area contributed by atoms with Gasteiger partial charge in [0.2, 0.25) is 0 Å². The van der Waals surface area contributed by atoms with Crippen molar-refractivity contribution in [2.24, 2.45) is 0 Å². The van der Waals surface area contributed by atoms with E-state index in [9.17, 15) is 4.79 Å². The lowest BCUT2D eigenvalue weighted by Gasteiger charge is -2.19. The van der Waals surface area contributed by atoms with Crippen LogP contribution in [0, 0.1) is 13.8 Å². The molecule has 3 rings (SSSR count). The summed E-state index contributed by atoms with van der Waals surface area (Å²) in [5.41, 5.74) is 2.41. The molecular formula is C18H17Cl2N3OS. The Morgan fingerprint density at radius 1 is 1.28 bits per heavy atom.